The molecular weight excluding hydrogens is 544 g/mol. The van der Waals surface area contributed by atoms with Gasteiger partial charge in [0.2, 0.25) is 0 Å². The molecule has 216 valence electrons. The van der Waals surface area contributed by atoms with E-state index in [1.165, 1.54) is 6.07 Å². The van der Waals surface area contributed by atoms with Gasteiger partial charge in [-0.05, 0) is 53.0 Å². The van der Waals surface area contributed by atoms with E-state index in [0.717, 1.165) is 32.2 Å². The lowest BCUT2D eigenvalue weighted by molar-refractivity contribution is 0.00545. The number of rotatable bonds is 3. The SMILES string of the molecule is CC(C)(C)OC(=O)N1[C@@H]2CC[C@H]1[C@H]1COc3cc(Cl)c(F)c4nc(OC[C@@]56CCCN5C[C@H](F)C6)nc(c34)N1C2. The molecule has 0 N–H and O–H groups in total. The van der Waals surface area contributed by atoms with Crippen molar-refractivity contribution in [3.63, 3.8) is 0 Å². The monoisotopic (exact) mass is 577 g/mol. The molecule has 0 radical (unpaired) electrons. The first-order chi connectivity index (χ1) is 19.0. The van der Waals surface area contributed by atoms with Crippen LogP contribution in [0.15, 0.2) is 6.07 Å². The molecule has 4 saturated heterocycles. The van der Waals surface area contributed by atoms with Crippen LogP contribution in [0.2, 0.25) is 5.02 Å². The van der Waals surface area contributed by atoms with Gasteiger partial charge in [-0.2, -0.15) is 9.97 Å². The summed E-state index contributed by atoms with van der Waals surface area (Å²) in [6, 6.07) is 1.00. The Morgan fingerprint density at radius 2 is 2.08 bits per heavy atom. The maximum absolute atomic E-state index is 15.5. The van der Waals surface area contributed by atoms with Gasteiger partial charge in [0.05, 0.1) is 34.1 Å². The molecule has 4 fully saturated rings. The van der Waals surface area contributed by atoms with Crippen LogP contribution in [0.25, 0.3) is 10.9 Å². The summed E-state index contributed by atoms with van der Waals surface area (Å²) in [6.07, 6.45) is 2.61. The quantitative estimate of drug-likeness (QED) is 0.518. The zero-order valence-electron chi connectivity index (χ0n) is 23.0. The Morgan fingerprint density at radius 1 is 1.25 bits per heavy atom. The van der Waals surface area contributed by atoms with Crippen molar-refractivity contribution in [2.75, 3.05) is 37.7 Å². The first-order valence-corrected chi connectivity index (χ1v) is 14.5. The minimum Gasteiger partial charge on any atom is -0.490 e. The predicted octanol–water partition coefficient (Wildman–Crippen LogP) is 4.73. The van der Waals surface area contributed by atoms with Crippen LogP contribution >= 0.6 is 11.6 Å². The van der Waals surface area contributed by atoms with E-state index < -0.39 is 23.1 Å². The Morgan fingerprint density at radius 3 is 2.88 bits per heavy atom. The molecule has 6 heterocycles. The number of carbonyl (C=O) groups is 1. The van der Waals surface area contributed by atoms with Crippen LogP contribution in [0.1, 0.15) is 52.9 Å². The zero-order valence-corrected chi connectivity index (χ0v) is 23.7. The number of amides is 1. The fourth-order valence-corrected chi connectivity index (χ4v) is 7.66. The zero-order chi connectivity index (χ0) is 28.0. The summed E-state index contributed by atoms with van der Waals surface area (Å²) in [5, 5.41) is 0.332. The van der Waals surface area contributed by atoms with E-state index in [4.69, 9.17) is 30.8 Å². The summed E-state index contributed by atoms with van der Waals surface area (Å²) in [5.74, 6) is 0.231. The summed E-state index contributed by atoms with van der Waals surface area (Å²) in [6.45, 7) is 7.79. The van der Waals surface area contributed by atoms with E-state index in [2.05, 4.69) is 14.8 Å². The first-order valence-electron chi connectivity index (χ1n) is 14.2. The number of anilines is 1. The van der Waals surface area contributed by atoms with Crippen LogP contribution in [-0.2, 0) is 4.74 Å². The van der Waals surface area contributed by atoms with Crippen LogP contribution in [0, 0.1) is 5.82 Å². The largest absolute Gasteiger partial charge is 0.490 e. The van der Waals surface area contributed by atoms with E-state index in [9.17, 15) is 9.18 Å². The number of aromatic nitrogens is 2. The van der Waals surface area contributed by atoms with Crippen molar-refractivity contribution in [2.45, 2.75) is 88.3 Å². The van der Waals surface area contributed by atoms with Crippen LogP contribution in [-0.4, -0.2) is 94.1 Å². The second-order valence-corrected chi connectivity index (χ2v) is 13.2. The molecule has 5 aliphatic heterocycles. The third-order valence-electron chi connectivity index (χ3n) is 9.11. The molecule has 12 heteroatoms. The molecule has 2 aromatic rings. The normalized spacial score (nSPS) is 31.1. The Labute approximate surface area is 236 Å². The van der Waals surface area contributed by atoms with E-state index in [-0.39, 0.29) is 54.0 Å². The van der Waals surface area contributed by atoms with Gasteiger partial charge in [-0.15, -0.1) is 0 Å². The fourth-order valence-electron chi connectivity index (χ4n) is 7.47. The Kier molecular flexibility index (Phi) is 6.02. The highest BCUT2D eigenvalue weighted by Crippen LogP contribution is 2.46. The molecule has 5 aliphatic rings. The number of hydrogen-bond acceptors (Lipinski definition) is 8. The number of piperazine rings is 1. The van der Waals surface area contributed by atoms with Gasteiger partial charge >= 0.3 is 12.1 Å². The lowest BCUT2D eigenvalue weighted by Crippen LogP contribution is -2.63. The van der Waals surface area contributed by atoms with Crippen LogP contribution in [0.4, 0.5) is 19.4 Å². The number of benzene rings is 1. The number of carbonyl (C=O) groups excluding carboxylic acids is 1. The van der Waals surface area contributed by atoms with Gasteiger partial charge in [-0.1, -0.05) is 11.6 Å². The van der Waals surface area contributed by atoms with Crippen LogP contribution in [0.5, 0.6) is 11.8 Å². The summed E-state index contributed by atoms with van der Waals surface area (Å²) >= 11 is 6.28. The lowest BCUT2D eigenvalue weighted by atomic mass is 9.95. The van der Waals surface area contributed by atoms with Crippen molar-refractivity contribution >= 4 is 34.4 Å². The van der Waals surface area contributed by atoms with Crippen molar-refractivity contribution in [1.82, 2.24) is 19.8 Å². The van der Waals surface area contributed by atoms with E-state index in [0.29, 0.717) is 36.5 Å². The van der Waals surface area contributed by atoms with E-state index in [1.807, 2.05) is 25.7 Å². The molecule has 1 amide bonds. The topological polar surface area (TPSA) is 80.3 Å². The molecule has 1 aromatic carbocycles. The van der Waals surface area contributed by atoms with Crippen molar-refractivity contribution < 1.29 is 27.8 Å². The van der Waals surface area contributed by atoms with Gasteiger partial charge in [0.25, 0.3) is 0 Å². The number of alkyl halides is 1. The molecule has 5 atom stereocenters. The molecule has 40 heavy (non-hydrogen) atoms. The summed E-state index contributed by atoms with van der Waals surface area (Å²) in [7, 11) is 0. The third-order valence-corrected chi connectivity index (χ3v) is 9.38. The van der Waals surface area contributed by atoms with Gasteiger partial charge in [-0.3, -0.25) is 9.80 Å². The molecule has 1 aromatic heterocycles. The minimum atomic E-state index is -0.889. The average Bonchev–Trinajstić information content (AvgIpc) is 3.48. The van der Waals surface area contributed by atoms with Gasteiger partial charge < -0.3 is 19.1 Å². The molecule has 0 spiro atoms. The highest BCUT2D eigenvalue weighted by Gasteiger charge is 2.52. The highest BCUT2D eigenvalue weighted by atomic mass is 35.5. The maximum Gasteiger partial charge on any atom is 0.410 e. The molecule has 7 rings (SSSR count). The number of hydrogen-bond donors (Lipinski definition) is 0. The molecule has 2 bridgehead atoms. The smallest absolute Gasteiger partial charge is 0.410 e. The molecule has 0 saturated carbocycles. The van der Waals surface area contributed by atoms with Crippen molar-refractivity contribution in [3.05, 3.63) is 16.9 Å². The van der Waals surface area contributed by atoms with Crippen molar-refractivity contribution in [2.24, 2.45) is 0 Å². The Bertz CT molecular complexity index is 1370. The number of ether oxygens (including phenoxy) is 3. The second kappa shape index (κ2) is 9.17. The van der Waals surface area contributed by atoms with Crippen LogP contribution < -0.4 is 14.4 Å². The lowest BCUT2D eigenvalue weighted by Gasteiger charge is -2.46. The maximum atomic E-state index is 15.5. The molecule has 0 aliphatic carbocycles. The molecule has 0 unspecified atom stereocenters. The van der Waals surface area contributed by atoms with Crippen LogP contribution in [0.3, 0.4) is 0 Å². The Balaban J connectivity index is 1.26. The molecular formula is C28H34ClF2N5O4. The van der Waals surface area contributed by atoms with Gasteiger partial charge in [0.15, 0.2) is 5.82 Å². The van der Waals surface area contributed by atoms with Gasteiger partial charge in [0, 0.05) is 25.6 Å². The summed E-state index contributed by atoms with van der Waals surface area (Å²) in [5.41, 5.74) is -0.979. The molecule has 9 nitrogen and oxygen atoms in total. The van der Waals surface area contributed by atoms with E-state index in [1.54, 1.807) is 0 Å². The summed E-state index contributed by atoms with van der Waals surface area (Å²) in [4.78, 5) is 28.6. The first kappa shape index (κ1) is 26.3. The standard InChI is InChI=1S/C28H34ClF2N5O4/c1-27(2,3)40-26(37)36-16-5-6-18(36)19-13-38-20-9-17(29)22(31)23-21(20)24(35(19)12-16)33-25(32-23)39-14-28-7-4-8-34(28)11-15(30)10-28/h9,15-16,18-19H,4-8,10-14H2,1-3H3/t15-,16-,18+,19-,28+/m1/s1. The fraction of sp³-hybridized carbons (Fsp3) is 0.679. The highest BCUT2D eigenvalue weighted by molar-refractivity contribution is 6.32. The van der Waals surface area contributed by atoms with E-state index >= 15 is 4.39 Å². The van der Waals surface area contributed by atoms with Crippen molar-refractivity contribution in [3.8, 4) is 11.8 Å². The number of fused-ring (bicyclic) bond motifs is 6. The predicted molar refractivity (Wildman–Crippen MR) is 145 cm³/mol. The summed E-state index contributed by atoms with van der Waals surface area (Å²) < 4.78 is 47.9. The Hall–Kier alpha value is -2.66. The van der Waals surface area contributed by atoms with Gasteiger partial charge in [-0.25, -0.2) is 13.6 Å². The minimum absolute atomic E-state index is 0.0284. The third kappa shape index (κ3) is 4.14. The second-order valence-electron chi connectivity index (χ2n) is 12.8. The van der Waals surface area contributed by atoms with Gasteiger partial charge in [0.1, 0.15) is 42.1 Å². The van der Waals surface area contributed by atoms with Crippen molar-refractivity contribution in [1.29, 1.82) is 0 Å². The number of nitrogens with zero attached hydrogens (tertiary/aromatic N) is 5. The average molecular weight is 578 g/mol. The number of halogens is 3.